The van der Waals surface area contributed by atoms with Gasteiger partial charge in [0.1, 0.15) is 12.5 Å². The fraction of sp³-hybridized carbons (Fsp3) is 0.273. The van der Waals surface area contributed by atoms with Crippen LogP contribution in [0.2, 0.25) is 0 Å². The summed E-state index contributed by atoms with van der Waals surface area (Å²) in [5.41, 5.74) is 6.41. The van der Waals surface area contributed by atoms with Crippen molar-refractivity contribution < 1.29 is 4.79 Å². The average Bonchev–Trinajstić information content (AvgIpc) is 2.94. The molecule has 1 unspecified atom stereocenters. The number of urea groups is 1. The smallest absolute Gasteiger partial charge is 0.330 e. The van der Waals surface area contributed by atoms with E-state index in [9.17, 15) is 4.79 Å². The van der Waals surface area contributed by atoms with Crippen molar-refractivity contribution in [2.45, 2.75) is 6.17 Å². The Balaban J connectivity index is 2.15. The van der Waals surface area contributed by atoms with Crippen molar-refractivity contribution in [2.24, 2.45) is 0 Å². The lowest BCUT2D eigenvalue weighted by molar-refractivity contribution is 0.207. The number of hydrogen-bond donors (Lipinski definition) is 2. The van der Waals surface area contributed by atoms with Crippen molar-refractivity contribution in [1.82, 2.24) is 36.0 Å². The molecule has 8 nitrogen and oxygen atoms in total. The van der Waals surface area contributed by atoms with E-state index >= 15 is 0 Å². The lowest BCUT2D eigenvalue weighted by Crippen LogP contribution is -2.47. The molecular weight excluding hydrogens is 246 g/mol. The summed E-state index contributed by atoms with van der Waals surface area (Å²) in [7, 11) is 3.32. The number of hydrogen-bond acceptors (Lipinski definition) is 5. The second kappa shape index (κ2) is 5.91. The van der Waals surface area contributed by atoms with Gasteiger partial charge in [0.15, 0.2) is 0 Å². The number of hydrazine groups is 1. The molecule has 2 rings (SSSR count). The lowest BCUT2D eigenvalue weighted by atomic mass is 10.2. The molecule has 0 radical (unpaired) electrons. The van der Waals surface area contributed by atoms with Crippen molar-refractivity contribution in [1.29, 1.82) is 0 Å². The molecule has 100 valence electrons. The second-order valence-corrected chi connectivity index (χ2v) is 4.07. The third-order valence-electron chi connectivity index (χ3n) is 2.47. The molecule has 0 aliphatic heterocycles. The van der Waals surface area contributed by atoms with E-state index in [1.807, 2.05) is 30.3 Å². The highest BCUT2D eigenvalue weighted by Crippen LogP contribution is 2.12. The van der Waals surface area contributed by atoms with Crippen LogP contribution in [0.4, 0.5) is 4.79 Å². The molecule has 0 bridgehead atoms. The first-order valence-corrected chi connectivity index (χ1v) is 5.68. The van der Waals surface area contributed by atoms with E-state index in [-0.39, 0.29) is 12.2 Å². The first kappa shape index (κ1) is 13.0. The second-order valence-electron chi connectivity index (χ2n) is 4.07. The number of aromatic nitrogens is 4. The SMILES string of the molecule is CN(C)C(=O)NNC(c1ccccc1)n1cnnn1. The van der Waals surface area contributed by atoms with Crippen LogP contribution in [0.5, 0.6) is 0 Å². The Kier molecular flexibility index (Phi) is 4.04. The van der Waals surface area contributed by atoms with Gasteiger partial charge in [-0.05, 0) is 16.0 Å². The summed E-state index contributed by atoms with van der Waals surface area (Å²) in [4.78, 5) is 13.0. The molecular formula is C11H15N7O. The summed E-state index contributed by atoms with van der Waals surface area (Å²) < 4.78 is 1.52. The molecule has 0 saturated heterocycles. The van der Waals surface area contributed by atoms with Crippen molar-refractivity contribution in [2.75, 3.05) is 14.1 Å². The molecule has 8 heteroatoms. The van der Waals surface area contributed by atoms with Gasteiger partial charge in [0.25, 0.3) is 0 Å². The fourth-order valence-electron chi connectivity index (χ4n) is 1.47. The summed E-state index contributed by atoms with van der Waals surface area (Å²) >= 11 is 0. The van der Waals surface area contributed by atoms with E-state index in [0.29, 0.717) is 0 Å². The number of nitrogens with zero attached hydrogens (tertiary/aromatic N) is 5. The van der Waals surface area contributed by atoms with Crippen LogP contribution in [0.1, 0.15) is 11.7 Å². The standard InChI is InChI=1S/C11H15N7O/c1-17(2)11(19)14-13-10(18-8-12-15-16-18)9-6-4-3-5-7-9/h3-8,10,13H,1-2H3,(H,14,19). The molecule has 1 aromatic heterocycles. The molecule has 0 aliphatic carbocycles. The maximum absolute atomic E-state index is 11.5. The van der Waals surface area contributed by atoms with Crippen LogP contribution in [0.15, 0.2) is 36.7 Å². The number of tetrazole rings is 1. The van der Waals surface area contributed by atoms with E-state index in [1.54, 1.807) is 14.1 Å². The van der Waals surface area contributed by atoms with Gasteiger partial charge in [0, 0.05) is 14.1 Å². The van der Waals surface area contributed by atoms with Crippen LogP contribution in [-0.4, -0.2) is 45.2 Å². The van der Waals surface area contributed by atoms with E-state index < -0.39 is 0 Å². The van der Waals surface area contributed by atoms with Gasteiger partial charge in [-0.15, -0.1) is 5.10 Å². The topological polar surface area (TPSA) is 88.0 Å². The molecule has 0 spiro atoms. The third kappa shape index (κ3) is 3.26. The normalized spacial score (nSPS) is 11.9. The number of rotatable bonds is 4. The van der Waals surface area contributed by atoms with Crippen molar-refractivity contribution in [3.05, 3.63) is 42.2 Å². The number of nitrogens with one attached hydrogen (secondary N) is 2. The Morgan fingerprint density at radius 1 is 1.32 bits per heavy atom. The van der Waals surface area contributed by atoms with Crippen LogP contribution in [-0.2, 0) is 0 Å². The molecule has 1 atom stereocenters. The quantitative estimate of drug-likeness (QED) is 0.756. The summed E-state index contributed by atoms with van der Waals surface area (Å²) in [6.07, 6.45) is 1.10. The molecule has 0 fully saturated rings. The van der Waals surface area contributed by atoms with Crippen molar-refractivity contribution in [3.8, 4) is 0 Å². The molecule has 0 saturated carbocycles. The van der Waals surface area contributed by atoms with E-state index in [1.165, 1.54) is 15.9 Å². The minimum Gasteiger partial charge on any atom is -0.330 e. The van der Waals surface area contributed by atoms with E-state index in [4.69, 9.17) is 0 Å². The number of benzene rings is 1. The first-order chi connectivity index (χ1) is 9.18. The molecule has 1 heterocycles. The van der Waals surface area contributed by atoms with Crippen molar-refractivity contribution in [3.63, 3.8) is 0 Å². The maximum Gasteiger partial charge on any atom is 0.331 e. The van der Waals surface area contributed by atoms with Gasteiger partial charge in [-0.25, -0.2) is 14.9 Å². The molecule has 2 aromatic rings. The predicted molar refractivity (Wildman–Crippen MR) is 67.8 cm³/mol. The molecule has 19 heavy (non-hydrogen) atoms. The highest BCUT2D eigenvalue weighted by molar-refractivity contribution is 5.72. The van der Waals surface area contributed by atoms with Gasteiger partial charge in [0.2, 0.25) is 0 Å². The minimum absolute atomic E-state index is 0.256. The number of carbonyl (C=O) groups excluding carboxylic acids is 1. The zero-order valence-electron chi connectivity index (χ0n) is 10.7. The van der Waals surface area contributed by atoms with Gasteiger partial charge in [-0.2, -0.15) is 0 Å². The molecule has 0 aliphatic rings. The van der Waals surface area contributed by atoms with Crippen LogP contribution < -0.4 is 10.9 Å². The Morgan fingerprint density at radius 3 is 2.63 bits per heavy atom. The Morgan fingerprint density at radius 2 is 2.05 bits per heavy atom. The van der Waals surface area contributed by atoms with Gasteiger partial charge < -0.3 is 4.90 Å². The Bertz CT molecular complexity index is 511. The summed E-state index contributed by atoms with van der Waals surface area (Å²) in [6.45, 7) is 0. The highest BCUT2D eigenvalue weighted by atomic mass is 16.2. The van der Waals surface area contributed by atoms with Crippen LogP contribution in [0.25, 0.3) is 0 Å². The number of carbonyl (C=O) groups is 1. The third-order valence-corrected chi connectivity index (χ3v) is 2.47. The Hall–Kier alpha value is -2.48. The lowest BCUT2D eigenvalue weighted by Gasteiger charge is -2.20. The van der Waals surface area contributed by atoms with Gasteiger partial charge >= 0.3 is 6.03 Å². The highest BCUT2D eigenvalue weighted by Gasteiger charge is 2.15. The summed E-state index contributed by atoms with van der Waals surface area (Å²) in [5, 5.41) is 11.0. The van der Waals surface area contributed by atoms with Gasteiger partial charge in [-0.1, -0.05) is 30.3 Å². The predicted octanol–water partition coefficient (Wildman–Crippen LogP) is -0.00420. The molecule has 2 N–H and O–H groups in total. The zero-order chi connectivity index (χ0) is 13.7. The van der Waals surface area contributed by atoms with Crippen LogP contribution in [0.3, 0.4) is 0 Å². The maximum atomic E-state index is 11.5. The van der Waals surface area contributed by atoms with Crippen LogP contribution >= 0.6 is 0 Å². The largest absolute Gasteiger partial charge is 0.331 e. The minimum atomic E-state index is -0.375. The van der Waals surface area contributed by atoms with Gasteiger partial charge in [-0.3, -0.25) is 5.43 Å². The average molecular weight is 261 g/mol. The summed E-state index contributed by atoms with van der Waals surface area (Å²) in [6, 6.07) is 9.31. The van der Waals surface area contributed by atoms with Gasteiger partial charge in [0.05, 0.1) is 0 Å². The monoisotopic (exact) mass is 261 g/mol. The van der Waals surface area contributed by atoms with E-state index in [2.05, 4.69) is 26.4 Å². The first-order valence-electron chi connectivity index (χ1n) is 5.68. The number of amides is 2. The summed E-state index contributed by atoms with van der Waals surface area (Å²) in [5.74, 6) is 0. The fourth-order valence-corrected chi connectivity index (χ4v) is 1.47. The zero-order valence-corrected chi connectivity index (χ0v) is 10.7. The molecule has 1 aromatic carbocycles. The molecule has 2 amide bonds. The Labute approximate surface area is 110 Å². The van der Waals surface area contributed by atoms with Crippen molar-refractivity contribution >= 4 is 6.03 Å². The van der Waals surface area contributed by atoms with Crippen LogP contribution in [0, 0.1) is 0 Å². The van der Waals surface area contributed by atoms with E-state index in [0.717, 1.165) is 5.56 Å².